The Bertz CT molecular complexity index is 1610. The lowest BCUT2D eigenvalue weighted by molar-refractivity contribution is -0.149. The smallest absolute Gasteiger partial charge is 0.266 e. The van der Waals surface area contributed by atoms with E-state index in [9.17, 15) is 19.2 Å². The Morgan fingerprint density at radius 2 is 1.30 bits per heavy atom. The maximum Gasteiger partial charge on any atom is 0.266 e. The molecule has 1 fully saturated rings. The highest BCUT2D eigenvalue weighted by atomic mass is 35.5. The van der Waals surface area contributed by atoms with Gasteiger partial charge in [-0.2, -0.15) is 0 Å². The van der Waals surface area contributed by atoms with E-state index in [0.29, 0.717) is 54.3 Å². The fourth-order valence-electron chi connectivity index (χ4n) is 5.75. The van der Waals surface area contributed by atoms with Crippen molar-refractivity contribution >= 4 is 35.1 Å². The molecule has 1 aliphatic heterocycles. The summed E-state index contributed by atoms with van der Waals surface area (Å²) in [5.41, 5.74) is -0.240. The third kappa shape index (κ3) is 15.8. The number of unbranched alkanes of at least 4 members (excludes halogenated alkanes) is 1. The van der Waals surface area contributed by atoms with E-state index in [0.717, 1.165) is 44.9 Å². The first-order valence-corrected chi connectivity index (χ1v) is 19.2. The number of rotatable bonds is 22. The number of nitrogens with zero attached hydrogens (tertiary/aromatic N) is 1. The molecule has 8 nitrogen and oxygen atoms in total. The van der Waals surface area contributed by atoms with Crippen molar-refractivity contribution in [2.24, 2.45) is 0 Å². The fraction of sp³-hybridized carbons (Fsp3) is 0.409. The van der Waals surface area contributed by atoms with Crippen LogP contribution >= 0.6 is 11.6 Å². The highest BCUT2D eigenvalue weighted by Gasteiger charge is 2.42. The first-order chi connectivity index (χ1) is 25.6. The summed E-state index contributed by atoms with van der Waals surface area (Å²) in [6, 6.07) is 12.7. The van der Waals surface area contributed by atoms with E-state index in [1.165, 1.54) is 0 Å². The number of nitrogens with one attached hydrogen (secondary N) is 2. The SMILES string of the molecule is CC/C=C\C/C=C\C/C=C\C/C=C\C/C=C\CCCC(=O)NCCNC(=O)[C@@H]1CCCN1C(=O)C(C)(C)Oc1ccc(C(=O)c2ccc(Cl)cc2)cc1. The lowest BCUT2D eigenvalue weighted by atomic mass is 10.0. The minimum Gasteiger partial charge on any atom is -0.478 e. The van der Waals surface area contributed by atoms with Gasteiger partial charge in [-0.05, 0) is 120 Å². The number of carbonyl (C=O) groups excluding carboxylic acids is 4. The first kappa shape index (κ1) is 42.7. The summed E-state index contributed by atoms with van der Waals surface area (Å²) in [6.07, 6.45) is 29.8. The van der Waals surface area contributed by atoms with Crippen molar-refractivity contribution in [3.05, 3.63) is 125 Å². The Kier molecular flexibility index (Phi) is 19.2. The van der Waals surface area contributed by atoms with Gasteiger partial charge in [-0.25, -0.2) is 0 Å². The van der Waals surface area contributed by atoms with Crippen LogP contribution < -0.4 is 15.4 Å². The van der Waals surface area contributed by atoms with Crippen molar-refractivity contribution in [2.45, 2.75) is 96.6 Å². The molecule has 2 aromatic carbocycles. The minimum absolute atomic E-state index is 0.0504. The van der Waals surface area contributed by atoms with Gasteiger partial charge in [0.1, 0.15) is 11.8 Å². The van der Waals surface area contributed by atoms with Crippen molar-refractivity contribution in [1.29, 1.82) is 0 Å². The number of benzene rings is 2. The summed E-state index contributed by atoms with van der Waals surface area (Å²) in [7, 11) is 0. The maximum absolute atomic E-state index is 13.6. The third-order valence-corrected chi connectivity index (χ3v) is 8.86. The van der Waals surface area contributed by atoms with Crippen LogP contribution in [0.4, 0.5) is 0 Å². The van der Waals surface area contributed by atoms with E-state index in [-0.39, 0.29) is 30.0 Å². The van der Waals surface area contributed by atoms with E-state index < -0.39 is 11.6 Å². The van der Waals surface area contributed by atoms with Crippen LogP contribution in [0.2, 0.25) is 5.02 Å². The number of ketones is 1. The second kappa shape index (κ2) is 23.8. The van der Waals surface area contributed by atoms with E-state index >= 15 is 0 Å². The van der Waals surface area contributed by atoms with Gasteiger partial charge in [0, 0.05) is 42.2 Å². The van der Waals surface area contributed by atoms with Gasteiger partial charge in [-0.1, -0.05) is 79.3 Å². The molecule has 0 radical (unpaired) electrons. The molecule has 3 amide bonds. The molecule has 9 heteroatoms. The second-order valence-electron chi connectivity index (χ2n) is 13.4. The van der Waals surface area contributed by atoms with Crippen LogP contribution in [0.5, 0.6) is 5.75 Å². The molecule has 0 aromatic heterocycles. The number of carbonyl (C=O) groups is 4. The van der Waals surface area contributed by atoms with E-state index in [2.05, 4.69) is 78.3 Å². The summed E-state index contributed by atoms with van der Waals surface area (Å²) < 4.78 is 6.07. The number of ether oxygens (including phenoxy) is 1. The lowest BCUT2D eigenvalue weighted by Crippen LogP contribution is -2.54. The molecule has 0 bridgehead atoms. The molecule has 0 unspecified atom stereocenters. The van der Waals surface area contributed by atoms with Gasteiger partial charge in [0.15, 0.2) is 11.4 Å². The standard InChI is InChI=1S/C44H56ClN3O5/c1-4-5-6-7-8-9-10-11-12-13-14-15-16-17-18-19-20-23-40(49)46-32-33-47-42(51)39-22-21-34-48(39)43(52)44(2,3)53-38-30-26-36(27-31-38)41(50)35-24-28-37(45)29-25-35/h5-6,8-9,11-12,14-15,17-18,24-31,39H,4,7,10,13,16,19-23,32-34H2,1-3H3,(H,46,49)(H,47,51)/b6-5-,9-8-,12-11-,15-14-,18-17-/t39-/m0/s1. The normalized spacial score (nSPS) is 15.0. The van der Waals surface area contributed by atoms with Crippen LogP contribution in [-0.4, -0.2) is 59.7 Å². The van der Waals surface area contributed by atoms with Crippen LogP contribution in [0, 0.1) is 0 Å². The molecule has 0 spiro atoms. The van der Waals surface area contributed by atoms with Crippen LogP contribution in [0.1, 0.15) is 101 Å². The van der Waals surface area contributed by atoms with Crippen molar-refractivity contribution in [3.8, 4) is 5.75 Å². The zero-order chi connectivity index (χ0) is 38.3. The second-order valence-corrected chi connectivity index (χ2v) is 13.8. The number of amides is 3. The van der Waals surface area contributed by atoms with Gasteiger partial charge in [-0.3, -0.25) is 19.2 Å². The number of halogens is 1. The predicted octanol–water partition coefficient (Wildman–Crippen LogP) is 8.87. The molecule has 2 N–H and O–H groups in total. The van der Waals surface area contributed by atoms with Crippen LogP contribution in [0.25, 0.3) is 0 Å². The van der Waals surface area contributed by atoms with Gasteiger partial charge < -0.3 is 20.3 Å². The molecule has 1 atom stereocenters. The molecule has 3 rings (SSSR count). The number of likely N-dealkylation sites (tertiary alicyclic amines) is 1. The van der Waals surface area contributed by atoms with Gasteiger partial charge in [0.2, 0.25) is 11.8 Å². The molecule has 0 aliphatic carbocycles. The Morgan fingerprint density at radius 1 is 0.774 bits per heavy atom. The molecule has 2 aromatic rings. The molecular formula is C44H56ClN3O5. The largest absolute Gasteiger partial charge is 0.478 e. The van der Waals surface area contributed by atoms with E-state index in [1.54, 1.807) is 67.3 Å². The Hall–Kier alpha value is -4.69. The van der Waals surface area contributed by atoms with Gasteiger partial charge >= 0.3 is 0 Å². The Balaban J connectivity index is 1.29. The van der Waals surface area contributed by atoms with Gasteiger partial charge in [0.25, 0.3) is 5.91 Å². The number of hydrogen-bond acceptors (Lipinski definition) is 5. The molecule has 53 heavy (non-hydrogen) atoms. The highest BCUT2D eigenvalue weighted by molar-refractivity contribution is 6.30. The number of allylic oxidation sites excluding steroid dienone is 10. The molecular weight excluding hydrogens is 686 g/mol. The van der Waals surface area contributed by atoms with Gasteiger partial charge in [-0.15, -0.1) is 0 Å². The topological polar surface area (TPSA) is 105 Å². The van der Waals surface area contributed by atoms with Gasteiger partial charge in [0.05, 0.1) is 0 Å². The van der Waals surface area contributed by atoms with Crippen molar-refractivity contribution in [2.75, 3.05) is 19.6 Å². The van der Waals surface area contributed by atoms with Crippen molar-refractivity contribution in [3.63, 3.8) is 0 Å². The molecule has 0 saturated carbocycles. The van der Waals surface area contributed by atoms with Crippen LogP contribution in [0.15, 0.2) is 109 Å². The first-order valence-electron chi connectivity index (χ1n) is 18.8. The van der Waals surface area contributed by atoms with E-state index in [1.807, 2.05) is 0 Å². The average Bonchev–Trinajstić information content (AvgIpc) is 3.64. The van der Waals surface area contributed by atoms with Crippen molar-refractivity contribution < 1.29 is 23.9 Å². The summed E-state index contributed by atoms with van der Waals surface area (Å²) in [5, 5.41) is 6.29. The lowest BCUT2D eigenvalue weighted by Gasteiger charge is -2.33. The minimum atomic E-state index is -1.24. The molecule has 1 saturated heterocycles. The highest BCUT2D eigenvalue weighted by Crippen LogP contribution is 2.26. The summed E-state index contributed by atoms with van der Waals surface area (Å²) >= 11 is 5.93. The molecule has 1 aliphatic rings. The fourth-order valence-corrected chi connectivity index (χ4v) is 5.88. The monoisotopic (exact) mass is 741 g/mol. The molecule has 284 valence electrons. The quantitative estimate of drug-likeness (QED) is 0.0713. The zero-order valence-electron chi connectivity index (χ0n) is 31.5. The maximum atomic E-state index is 13.6. The third-order valence-electron chi connectivity index (χ3n) is 8.61. The molecule has 1 heterocycles. The summed E-state index contributed by atoms with van der Waals surface area (Å²) in [4.78, 5) is 53.3. The number of hydrogen-bond donors (Lipinski definition) is 2. The Labute approximate surface area is 321 Å². The zero-order valence-corrected chi connectivity index (χ0v) is 32.3. The Morgan fingerprint density at radius 3 is 1.89 bits per heavy atom. The van der Waals surface area contributed by atoms with Crippen molar-refractivity contribution in [1.82, 2.24) is 15.5 Å². The van der Waals surface area contributed by atoms with Crippen LogP contribution in [0.3, 0.4) is 0 Å². The average molecular weight is 742 g/mol. The predicted molar refractivity (Wildman–Crippen MR) is 215 cm³/mol. The summed E-state index contributed by atoms with van der Waals surface area (Å²) in [5.74, 6) is -0.303. The van der Waals surface area contributed by atoms with Crippen LogP contribution in [-0.2, 0) is 14.4 Å². The van der Waals surface area contributed by atoms with E-state index in [4.69, 9.17) is 16.3 Å². The summed E-state index contributed by atoms with van der Waals surface area (Å²) in [6.45, 7) is 6.53.